The fourth-order valence-corrected chi connectivity index (χ4v) is 4.78. The molecule has 1 aromatic rings. The number of hydrogen-bond donors (Lipinski definition) is 1. The Morgan fingerprint density at radius 2 is 1.90 bits per heavy atom. The summed E-state index contributed by atoms with van der Waals surface area (Å²) in [4.78, 5) is 19.0. The topological polar surface area (TPSA) is 64.2 Å². The van der Waals surface area contributed by atoms with Gasteiger partial charge in [-0.25, -0.2) is 4.98 Å². The van der Waals surface area contributed by atoms with E-state index in [9.17, 15) is 4.79 Å². The minimum absolute atomic E-state index is 0.105. The molecule has 1 amide bonds. The van der Waals surface area contributed by atoms with Crippen molar-refractivity contribution < 1.29 is 4.79 Å². The standard InChI is InChI=1S/C16H24N4O/c17-15-12-2-1-11(9-12)14(15)16(21)19-6-3-13(4-7-19)20-8-5-18-10-20/h5,8,10-15H,1-4,6-7,9,17H2. The van der Waals surface area contributed by atoms with Gasteiger partial charge in [0, 0.05) is 37.6 Å². The van der Waals surface area contributed by atoms with E-state index >= 15 is 0 Å². The second-order valence-electron chi connectivity index (χ2n) is 7.00. The van der Waals surface area contributed by atoms with E-state index in [0.717, 1.165) is 25.9 Å². The maximum absolute atomic E-state index is 12.8. The van der Waals surface area contributed by atoms with Crippen LogP contribution < -0.4 is 5.73 Å². The third kappa shape index (κ3) is 2.18. The smallest absolute Gasteiger partial charge is 0.227 e. The Kier molecular flexibility index (Phi) is 3.25. The van der Waals surface area contributed by atoms with Crippen molar-refractivity contribution >= 4 is 5.91 Å². The highest BCUT2D eigenvalue weighted by atomic mass is 16.2. The van der Waals surface area contributed by atoms with Crippen molar-refractivity contribution in [3.05, 3.63) is 18.7 Å². The number of carbonyl (C=O) groups is 1. The lowest BCUT2D eigenvalue weighted by Gasteiger charge is -2.37. The zero-order valence-electron chi connectivity index (χ0n) is 12.4. The summed E-state index contributed by atoms with van der Waals surface area (Å²) in [5.41, 5.74) is 6.32. The Labute approximate surface area is 125 Å². The second kappa shape index (κ2) is 5.13. The Hall–Kier alpha value is -1.36. The van der Waals surface area contributed by atoms with Crippen LogP contribution in [-0.4, -0.2) is 39.5 Å². The first-order chi connectivity index (χ1) is 10.2. The van der Waals surface area contributed by atoms with Crippen molar-refractivity contribution in [2.75, 3.05) is 13.1 Å². The van der Waals surface area contributed by atoms with Crippen molar-refractivity contribution in [3.63, 3.8) is 0 Å². The fraction of sp³-hybridized carbons (Fsp3) is 0.750. The highest BCUT2D eigenvalue weighted by molar-refractivity contribution is 5.80. The number of aromatic nitrogens is 2. The van der Waals surface area contributed by atoms with Crippen molar-refractivity contribution in [1.82, 2.24) is 14.5 Å². The van der Waals surface area contributed by atoms with Crippen LogP contribution in [0.4, 0.5) is 0 Å². The zero-order valence-corrected chi connectivity index (χ0v) is 12.4. The van der Waals surface area contributed by atoms with Crippen molar-refractivity contribution in [2.45, 2.75) is 44.2 Å². The molecule has 2 heterocycles. The number of fused-ring (bicyclic) bond motifs is 2. The lowest BCUT2D eigenvalue weighted by Crippen LogP contribution is -2.49. The van der Waals surface area contributed by atoms with Crippen LogP contribution in [-0.2, 0) is 4.79 Å². The minimum atomic E-state index is 0.105. The van der Waals surface area contributed by atoms with E-state index in [4.69, 9.17) is 5.73 Å². The average molecular weight is 288 g/mol. The molecule has 0 aromatic carbocycles. The number of nitrogens with two attached hydrogens (primary N) is 1. The van der Waals surface area contributed by atoms with E-state index < -0.39 is 0 Å². The average Bonchev–Trinajstić information content (AvgIpc) is 3.24. The molecule has 4 rings (SSSR count). The van der Waals surface area contributed by atoms with Gasteiger partial charge in [0.2, 0.25) is 5.91 Å². The van der Waals surface area contributed by atoms with Crippen LogP contribution in [0.15, 0.2) is 18.7 Å². The van der Waals surface area contributed by atoms with Crippen LogP contribution in [0.2, 0.25) is 0 Å². The molecule has 0 spiro atoms. The second-order valence-corrected chi connectivity index (χ2v) is 7.00. The number of rotatable bonds is 2. The summed E-state index contributed by atoms with van der Waals surface area (Å²) in [6, 6.07) is 0.605. The van der Waals surface area contributed by atoms with Gasteiger partial charge >= 0.3 is 0 Å². The van der Waals surface area contributed by atoms with Gasteiger partial charge in [0.05, 0.1) is 12.2 Å². The van der Waals surface area contributed by atoms with E-state index in [2.05, 4.69) is 14.5 Å². The highest BCUT2D eigenvalue weighted by Gasteiger charge is 2.50. The van der Waals surface area contributed by atoms with Crippen LogP contribution in [0, 0.1) is 17.8 Å². The summed E-state index contributed by atoms with van der Waals surface area (Å²) in [6.45, 7) is 1.73. The van der Waals surface area contributed by atoms with Gasteiger partial charge in [-0.05, 0) is 43.9 Å². The molecule has 21 heavy (non-hydrogen) atoms. The molecule has 5 nitrogen and oxygen atoms in total. The summed E-state index contributed by atoms with van der Waals surface area (Å²) >= 11 is 0. The van der Waals surface area contributed by atoms with Crippen LogP contribution in [0.1, 0.15) is 38.1 Å². The number of nitrogens with zero attached hydrogens (tertiary/aromatic N) is 3. The summed E-state index contributed by atoms with van der Waals surface area (Å²) < 4.78 is 2.17. The van der Waals surface area contributed by atoms with Gasteiger partial charge < -0.3 is 15.2 Å². The Morgan fingerprint density at radius 3 is 2.52 bits per heavy atom. The summed E-state index contributed by atoms with van der Waals surface area (Å²) in [6.07, 6.45) is 11.4. The van der Waals surface area contributed by atoms with Gasteiger partial charge in [-0.15, -0.1) is 0 Å². The quantitative estimate of drug-likeness (QED) is 0.895. The lowest BCUT2D eigenvalue weighted by atomic mass is 9.83. The molecule has 4 unspecified atom stereocenters. The molecular weight excluding hydrogens is 264 g/mol. The van der Waals surface area contributed by atoms with Gasteiger partial charge in [-0.3, -0.25) is 4.79 Å². The molecule has 1 saturated heterocycles. The van der Waals surface area contributed by atoms with Crippen molar-refractivity contribution in [3.8, 4) is 0 Å². The van der Waals surface area contributed by atoms with Crippen LogP contribution in [0.3, 0.4) is 0 Å². The molecule has 4 atom stereocenters. The number of amides is 1. The number of hydrogen-bond acceptors (Lipinski definition) is 3. The number of likely N-dealkylation sites (tertiary alicyclic amines) is 1. The number of carbonyl (C=O) groups excluding carboxylic acids is 1. The van der Waals surface area contributed by atoms with Crippen molar-refractivity contribution in [2.24, 2.45) is 23.5 Å². The first kappa shape index (κ1) is 13.3. The van der Waals surface area contributed by atoms with E-state index in [1.54, 1.807) is 0 Å². The van der Waals surface area contributed by atoms with Gasteiger partial charge in [-0.1, -0.05) is 0 Å². The van der Waals surface area contributed by atoms with Crippen LogP contribution in [0.25, 0.3) is 0 Å². The first-order valence-corrected chi connectivity index (χ1v) is 8.26. The molecule has 2 N–H and O–H groups in total. The third-order valence-corrected chi connectivity index (χ3v) is 5.99. The van der Waals surface area contributed by atoms with Gasteiger partial charge in [0.1, 0.15) is 0 Å². The van der Waals surface area contributed by atoms with E-state index in [0.29, 0.717) is 23.8 Å². The molecule has 3 aliphatic rings. The predicted molar refractivity (Wildman–Crippen MR) is 79.4 cm³/mol. The number of piperidine rings is 1. The maximum Gasteiger partial charge on any atom is 0.227 e. The molecule has 2 bridgehead atoms. The molecule has 5 heteroatoms. The number of imidazole rings is 1. The normalized spacial score (nSPS) is 36.3. The summed E-state index contributed by atoms with van der Waals surface area (Å²) in [5.74, 6) is 1.60. The van der Waals surface area contributed by atoms with Gasteiger partial charge in [-0.2, -0.15) is 0 Å². The largest absolute Gasteiger partial charge is 0.342 e. The molecule has 1 aromatic heterocycles. The van der Waals surface area contributed by atoms with Gasteiger partial charge in [0.15, 0.2) is 0 Å². The van der Waals surface area contributed by atoms with E-state index in [1.165, 1.54) is 19.3 Å². The molecule has 2 saturated carbocycles. The van der Waals surface area contributed by atoms with Crippen molar-refractivity contribution in [1.29, 1.82) is 0 Å². The molecule has 1 aliphatic heterocycles. The fourth-order valence-electron chi connectivity index (χ4n) is 4.78. The van der Waals surface area contributed by atoms with Crippen LogP contribution >= 0.6 is 0 Å². The maximum atomic E-state index is 12.8. The van der Waals surface area contributed by atoms with E-state index in [1.807, 2.05) is 18.7 Å². The van der Waals surface area contributed by atoms with Gasteiger partial charge in [0.25, 0.3) is 0 Å². The van der Waals surface area contributed by atoms with E-state index in [-0.39, 0.29) is 12.0 Å². The first-order valence-electron chi connectivity index (χ1n) is 8.26. The highest BCUT2D eigenvalue weighted by Crippen LogP contribution is 2.48. The Balaban J connectivity index is 1.39. The molecule has 3 fully saturated rings. The van der Waals surface area contributed by atoms with Crippen LogP contribution in [0.5, 0.6) is 0 Å². The molecule has 0 radical (unpaired) electrons. The predicted octanol–water partition coefficient (Wildman–Crippen LogP) is 1.42. The monoisotopic (exact) mass is 288 g/mol. The lowest BCUT2D eigenvalue weighted by molar-refractivity contribution is -0.139. The Morgan fingerprint density at radius 1 is 1.14 bits per heavy atom. The molecule has 2 aliphatic carbocycles. The molecular formula is C16H24N4O. The Bertz CT molecular complexity index is 504. The summed E-state index contributed by atoms with van der Waals surface area (Å²) in [7, 11) is 0. The third-order valence-electron chi connectivity index (χ3n) is 5.99. The SMILES string of the molecule is NC1C2CCC(C2)C1C(=O)N1CCC(n2ccnc2)CC1. The minimum Gasteiger partial charge on any atom is -0.342 e. The summed E-state index contributed by atoms with van der Waals surface area (Å²) in [5, 5.41) is 0. The molecule has 114 valence electrons. The zero-order chi connectivity index (χ0) is 14.4.